The van der Waals surface area contributed by atoms with E-state index in [0.29, 0.717) is 6.61 Å². The predicted molar refractivity (Wildman–Crippen MR) is 94.7 cm³/mol. The van der Waals surface area contributed by atoms with Gasteiger partial charge in [0.1, 0.15) is 5.75 Å². The molecule has 0 saturated carbocycles. The van der Waals surface area contributed by atoms with Crippen LogP contribution in [-0.2, 0) is 4.74 Å². The van der Waals surface area contributed by atoms with Crippen LogP contribution in [0.1, 0.15) is 25.0 Å². The van der Waals surface area contributed by atoms with Gasteiger partial charge < -0.3 is 14.4 Å². The van der Waals surface area contributed by atoms with Crippen molar-refractivity contribution in [2.45, 2.75) is 32.3 Å². The van der Waals surface area contributed by atoms with Gasteiger partial charge in [-0.25, -0.2) is 0 Å². The molecule has 2 fully saturated rings. The molecule has 2 saturated heterocycles. The fourth-order valence-corrected chi connectivity index (χ4v) is 3.92. The molecule has 132 valence electrons. The van der Waals surface area contributed by atoms with Crippen LogP contribution in [0.5, 0.6) is 5.75 Å². The van der Waals surface area contributed by atoms with Crippen LogP contribution in [0.25, 0.3) is 0 Å². The van der Waals surface area contributed by atoms with E-state index in [9.17, 15) is 0 Å². The highest BCUT2D eigenvalue weighted by atomic mass is 16.5. The highest BCUT2D eigenvalue weighted by Crippen LogP contribution is 2.41. The Kier molecular flexibility index (Phi) is 4.53. The molecule has 0 spiro atoms. The monoisotopic (exact) mass is 340 g/mol. The van der Waals surface area contributed by atoms with Crippen molar-refractivity contribution in [2.24, 2.45) is 5.41 Å². The zero-order valence-corrected chi connectivity index (χ0v) is 14.6. The molecule has 4 heterocycles. The highest BCUT2D eigenvalue weighted by molar-refractivity contribution is 5.39. The minimum Gasteiger partial charge on any atom is -0.491 e. The van der Waals surface area contributed by atoms with Crippen molar-refractivity contribution in [1.82, 2.24) is 15.2 Å². The topological polar surface area (TPSA) is 60.4 Å². The van der Waals surface area contributed by atoms with Crippen molar-refractivity contribution >= 4 is 5.82 Å². The van der Waals surface area contributed by atoms with Crippen molar-refractivity contribution in [1.29, 1.82) is 0 Å². The Morgan fingerprint density at radius 2 is 2.28 bits per heavy atom. The second-order valence-corrected chi connectivity index (χ2v) is 7.05. The Hall–Kier alpha value is -2.21. The quantitative estimate of drug-likeness (QED) is 0.853. The fourth-order valence-electron chi connectivity index (χ4n) is 3.92. The average molecular weight is 340 g/mol. The molecule has 0 radical (unpaired) electrons. The normalized spacial score (nSPS) is 26.1. The van der Waals surface area contributed by atoms with Crippen LogP contribution in [0.3, 0.4) is 0 Å². The van der Waals surface area contributed by atoms with Crippen molar-refractivity contribution in [3.05, 3.63) is 42.4 Å². The number of aryl methyl sites for hydroxylation is 1. The second-order valence-electron chi connectivity index (χ2n) is 7.05. The van der Waals surface area contributed by atoms with Gasteiger partial charge in [-0.2, -0.15) is 5.10 Å². The van der Waals surface area contributed by atoms with Crippen molar-refractivity contribution < 1.29 is 9.47 Å². The first-order valence-electron chi connectivity index (χ1n) is 8.95. The highest BCUT2D eigenvalue weighted by Gasteiger charge is 2.47. The third kappa shape index (κ3) is 3.44. The molecule has 25 heavy (non-hydrogen) atoms. The lowest BCUT2D eigenvalue weighted by Crippen LogP contribution is -2.57. The Morgan fingerprint density at radius 1 is 1.32 bits per heavy atom. The summed E-state index contributed by atoms with van der Waals surface area (Å²) in [5, 5.41) is 8.59. The number of hydrogen-bond acceptors (Lipinski definition) is 6. The van der Waals surface area contributed by atoms with E-state index in [0.717, 1.165) is 56.2 Å². The Labute approximate surface area is 148 Å². The van der Waals surface area contributed by atoms with Gasteiger partial charge in [-0.05, 0) is 50.5 Å². The Balaban J connectivity index is 1.53. The number of rotatable bonds is 4. The summed E-state index contributed by atoms with van der Waals surface area (Å²) in [6, 6.07) is 7.93. The molecule has 2 aliphatic heterocycles. The molecule has 0 amide bonds. The largest absolute Gasteiger partial charge is 0.491 e. The molecule has 0 N–H and O–H groups in total. The molecule has 6 heteroatoms. The van der Waals surface area contributed by atoms with Crippen LogP contribution < -0.4 is 9.64 Å². The summed E-state index contributed by atoms with van der Waals surface area (Å²) in [5.41, 5.74) is 0.924. The standard InChI is InChI=1S/C19H24N4O2/c1-15-5-6-18(22-21-15)23-10-7-17-19(13-23,8-3-11-24-17)14-25-16-4-2-9-20-12-16/h2,4-6,9,12,17H,3,7-8,10-11,13-14H2,1H3/t17-,19-/m0/s1. The van der Waals surface area contributed by atoms with Crippen molar-refractivity contribution in [2.75, 3.05) is 31.2 Å². The molecule has 0 aliphatic carbocycles. The van der Waals surface area contributed by atoms with Gasteiger partial charge >= 0.3 is 0 Å². The maximum Gasteiger partial charge on any atom is 0.151 e. The van der Waals surface area contributed by atoms with E-state index in [1.165, 1.54) is 0 Å². The smallest absolute Gasteiger partial charge is 0.151 e. The number of fused-ring (bicyclic) bond motifs is 1. The molecule has 0 unspecified atom stereocenters. The summed E-state index contributed by atoms with van der Waals surface area (Å²) in [6.45, 7) is 5.27. The first-order valence-corrected chi connectivity index (χ1v) is 8.95. The average Bonchev–Trinajstić information content (AvgIpc) is 2.67. The second kappa shape index (κ2) is 6.96. The van der Waals surface area contributed by atoms with Crippen LogP contribution >= 0.6 is 0 Å². The first-order chi connectivity index (χ1) is 12.3. The van der Waals surface area contributed by atoms with Gasteiger partial charge in [-0.3, -0.25) is 4.98 Å². The maximum atomic E-state index is 6.12. The number of pyridine rings is 1. The minimum atomic E-state index is -0.0150. The van der Waals surface area contributed by atoms with Gasteiger partial charge in [-0.15, -0.1) is 5.10 Å². The molecular formula is C19H24N4O2. The number of nitrogens with zero attached hydrogens (tertiary/aromatic N) is 4. The van der Waals surface area contributed by atoms with Crippen LogP contribution in [0.2, 0.25) is 0 Å². The molecule has 0 bridgehead atoms. The van der Waals surface area contributed by atoms with Gasteiger partial charge in [0.25, 0.3) is 0 Å². The number of aromatic nitrogens is 3. The maximum absolute atomic E-state index is 6.12. The van der Waals surface area contributed by atoms with Gasteiger partial charge in [-0.1, -0.05) is 0 Å². The van der Waals surface area contributed by atoms with Gasteiger partial charge in [0.2, 0.25) is 0 Å². The summed E-state index contributed by atoms with van der Waals surface area (Å²) >= 11 is 0. The van der Waals surface area contributed by atoms with Gasteiger partial charge in [0.05, 0.1) is 24.6 Å². The number of ether oxygens (including phenoxy) is 2. The van der Waals surface area contributed by atoms with E-state index in [4.69, 9.17) is 9.47 Å². The number of hydrogen-bond donors (Lipinski definition) is 0. The number of anilines is 1. The van der Waals surface area contributed by atoms with E-state index in [-0.39, 0.29) is 11.5 Å². The van der Waals surface area contributed by atoms with Crippen molar-refractivity contribution in [3.8, 4) is 5.75 Å². The lowest BCUT2D eigenvalue weighted by molar-refractivity contribution is -0.109. The number of piperidine rings is 1. The third-order valence-electron chi connectivity index (χ3n) is 5.26. The van der Waals surface area contributed by atoms with E-state index in [1.807, 2.05) is 25.1 Å². The van der Waals surface area contributed by atoms with Crippen molar-refractivity contribution in [3.63, 3.8) is 0 Å². The molecule has 2 aromatic heterocycles. The minimum absolute atomic E-state index is 0.0150. The summed E-state index contributed by atoms with van der Waals surface area (Å²) in [5.74, 6) is 1.75. The lowest BCUT2D eigenvalue weighted by atomic mass is 9.73. The van der Waals surface area contributed by atoms with E-state index >= 15 is 0 Å². The molecule has 2 aromatic rings. The van der Waals surface area contributed by atoms with Crippen LogP contribution in [0.4, 0.5) is 5.82 Å². The Morgan fingerprint density at radius 3 is 3.08 bits per heavy atom. The molecule has 2 aliphatic rings. The molecule has 0 aromatic carbocycles. The predicted octanol–water partition coefficient (Wildman–Crippen LogP) is 2.63. The summed E-state index contributed by atoms with van der Waals surface area (Å²) < 4.78 is 12.2. The summed E-state index contributed by atoms with van der Waals surface area (Å²) in [6.07, 6.45) is 6.94. The zero-order valence-electron chi connectivity index (χ0n) is 14.6. The molecule has 4 rings (SSSR count). The SMILES string of the molecule is Cc1ccc(N2CC[C@@H]3OCCC[C@@]3(COc3cccnc3)C2)nn1. The molecule has 2 atom stereocenters. The first kappa shape index (κ1) is 16.3. The summed E-state index contributed by atoms with van der Waals surface area (Å²) in [4.78, 5) is 6.46. The Bertz CT molecular complexity index is 694. The van der Waals surface area contributed by atoms with E-state index in [2.05, 4.69) is 26.1 Å². The van der Waals surface area contributed by atoms with Gasteiger partial charge in [0.15, 0.2) is 5.82 Å². The molecule has 6 nitrogen and oxygen atoms in total. The van der Waals surface area contributed by atoms with Crippen LogP contribution in [-0.4, -0.2) is 47.6 Å². The third-order valence-corrected chi connectivity index (χ3v) is 5.26. The lowest BCUT2D eigenvalue weighted by Gasteiger charge is -2.50. The van der Waals surface area contributed by atoms with Crippen LogP contribution in [0, 0.1) is 12.3 Å². The van der Waals surface area contributed by atoms with Crippen LogP contribution in [0.15, 0.2) is 36.7 Å². The van der Waals surface area contributed by atoms with E-state index < -0.39 is 0 Å². The fraction of sp³-hybridized carbons (Fsp3) is 0.526. The van der Waals surface area contributed by atoms with Gasteiger partial charge in [0, 0.05) is 31.3 Å². The molecular weight excluding hydrogens is 316 g/mol. The van der Waals surface area contributed by atoms with E-state index in [1.54, 1.807) is 12.4 Å². The summed E-state index contributed by atoms with van der Waals surface area (Å²) in [7, 11) is 0. The zero-order chi connectivity index (χ0) is 17.1.